The number of H-pyrrole nitrogens is 1. The van der Waals surface area contributed by atoms with E-state index in [1.807, 2.05) is 0 Å². The fraction of sp³-hybridized carbons (Fsp3) is 0.417. The van der Waals surface area contributed by atoms with Crippen LogP contribution < -0.4 is 4.87 Å². The Bertz CT molecular complexity index is 616. The second-order valence-corrected chi connectivity index (χ2v) is 5.91. The molecular formula is C12H13NO5S2. The zero-order chi connectivity index (χ0) is 14.7. The van der Waals surface area contributed by atoms with Gasteiger partial charge in [0.05, 0.1) is 28.7 Å². The van der Waals surface area contributed by atoms with E-state index in [0.717, 1.165) is 23.1 Å². The Morgan fingerprint density at radius 1 is 1.30 bits per heavy atom. The smallest absolute Gasteiger partial charge is 0.335 e. The van der Waals surface area contributed by atoms with Crippen molar-refractivity contribution in [2.24, 2.45) is 0 Å². The number of hydrogen-bond acceptors (Lipinski definition) is 7. The molecular weight excluding hydrogens is 302 g/mol. The molecule has 6 nitrogen and oxygen atoms in total. The number of rotatable bonds is 4. The van der Waals surface area contributed by atoms with Crippen LogP contribution in [0.2, 0.25) is 0 Å². The van der Waals surface area contributed by atoms with Gasteiger partial charge in [-0.05, 0) is 19.9 Å². The normalized spacial score (nSPS) is 17.1. The topological polar surface area (TPSA) is 85.5 Å². The van der Waals surface area contributed by atoms with Gasteiger partial charge in [0, 0.05) is 0 Å². The quantitative estimate of drug-likeness (QED) is 0.846. The Morgan fingerprint density at radius 3 is 2.65 bits per heavy atom. The third kappa shape index (κ3) is 2.96. The van der Waals surface area contributed by atoms with E-state index < -0.39 is 17.2 Å². The van der Waals surface area contributed by atoms with Crippen LogP contribution in [-0.2, 0) is 19.1 Å². The van der Waals surface area contributed by atoms with Crippen LogP contribution in [0.25, 0.3) is 6.08 Å². The first-order valence-corrected chi connectivity index (χ1v) is 7.71. The lowest BCUT2D eigenvalue weighted by molar-refractivity contribution is -0.145. The molecule has 1 atom stereocenters. The van der Waals surface area contributed by atoms with E-state index >= 15 is 0 Å². The van der Waals surface area contributed by atoms with Crippen molar-refractivity contribution in [2.45, 2.75) is 24.1 Å². The van der Waals surface area contributed by atoms with Crippen LogP contribution in [0.4, 0.5) is 0 Å². The summed E-state index contributed by atoms with van der Waals surface area (Å²) in [5, 5.41) is -0.238. The molecule has 0 saturated heterocycles. The molecule has 0 aliphatic carbocycles. The van der Waals surface area contributed by atoms with E-state index in [1.54, 1.807) is 13.8 Å². The summed E-state index contributed by atoms with van der Waals surface area (Å²) in [5.74, 6) is -1.08. The van der Waals surface area contributed by atoms with Crippen LogP contribution in [0.1, 0.15) is 18.7 Å². The zero-order valence-electron chi connectivity index (χ0n) is 10.9. The molecule has 0 radical (unpaired) electrons. The number of nitrogens with one attached hydrogen (secondary N) is 1. The van der Waals surface area contributed by atoms with Gasteiger partial charge in [0.15, 0.2) is 0 Å². The van der Waals surface area contributed by atoms with Crippen molar-refractivity contribution < 1.29 is 19.1 Å². The predicted octanol–water partition coefficient (Wildman–Crippen LogP) is 1.42. The van der Waals surface area contributed by atoms with Crippen LogP contribution in [0.5, 0.6) is 0 Å². The number of thiazole rings is 1. The number of aromatic amines is 1. The fourth-order valence-corrected chi connectivity index (χ4v) is 3.71. The van der Waals surface area contributed by atoms with Crippen molar-refractivity contribution in [3.8, 4) is 0 Å². The second kappa shape index (κ2) is 6.27. The van der Waals surface area contributed by atoms with E-state index in [2.05, 4.69) is 4.98 Å². The van der Waals surface area contributed by atoms with Gasteiger partial charge in [-0.2, -0.15) is 0 Å². The third-order valence-electron chi connectivity index (χ3n) is 2.46. The standard InChI is InChI=1S/C12H13NO5S2/c1-3-17-10(14)6-5-7-9(13-12(16)19-7)20-8(6)11(15)18-4-2/h5,8H,3-4H2,1-2H3,(H,13,16)/t8-/m0/s1. The number of hydrogen-bond donors (Lipinski definition) is 1. The summed E-state index contributed by atoms with van der Waals surface area (Å²) in [7, 11) is 0. The van der Waals surface area contributed by atoms with E-state index in [1.165, 1.54) is 6.08 Å². The highest BCUT2D eigenvalue weighted by Crippen LogP contribution is 2.38. The Morgan fingerprint density at radius 2 is 2.00 bits per heavy atom. The largest absolute Gasteiger partial charge is 0.465 e. The first kappa shape index (κ1) is 14.9. The molecule has 108 valence electrons. The maximum atomic E-state index is 12.0. The lowest BCUT2D eigenvalue weighted by Crippen LogP contribution is -2.29. The molecule has 1 aliphatic heterocycles. The maximum absolute atomic E-state index is 12.0. The van der Waals surface area contributed by atoms with Crippen LogP contribution in [0, 0.1) is 0 Å². The van der Waals surface area contributed by atoms with Crippen molar-refractivity contribution in [2.75, 3.05) is 13.2 Å². The lowest BCUT2D eigenvalue weighted by Gasteiger charge is -2.20. The molecule has 0 amide bonds. The molecule has 0 fully saturated rings. The molecule has 1 aromatic rings. The minimum Gasteiger partial charge on any atom is -0.465 e. The van der Waals surface area contributed by atoms with Gasteiger partial charge in [-0.1, -0.05) is 23.1 Å². The van der Waals surface area contributed by atoms with Crippen LogP contribution in [0.3, 0.4) is 0 Å². The van der Waals surface area contributed by atoms with Gasteiger partial charge in [-0.15, -0.1) is 0 Å². The van der Waals surface area contributed by atoms with Crippen molar-refractivity contribution >= 4 is 41.1 Å². The van der Waals surface area contributed by atoms with Crippen molar-refractivity contribution in [1.29, 1.82) is 0 Å². The van der Waals surface area contributed by atoms with Gasteiger partial charge >= 0.3 is 16.8 Å². The highest BCUT2D eigenvalue weighted by atomic mass is 32.2. The Labute approximate surface area is 123 Å². The third-order valence-corrected chi connectivity index (χ3v) is 4.66. The van der Waals surface area contributed by atoms with Crippen LogP contribution in [0.15, 0.2) is 15.4 Å². The number of carbonyl (C=O) groups excluding carboxylic acids is 2. The Balaban J connectivity index is 2.38. The number of fused-ring (bicyclic) bond motifs is 1. The summed E-state index contributed by atoms with van der Waals surface area (Å²) in [4.78, 5) is 38.3. The van der Waals surface area contributed by atoms with Gasteiger partial charge in [-0.3, -0.25) is 9.59 Å². The summed E-state index contributed by atoms with van der Waals surface area (Å²) in [6.45, 7) is 3.82. The number of aromatic nitrogens is 1. The molecule has 1 aromatic heterocycles. The predicted molar refractivity (Wildman–Crippen MR) is 75.8 cm³/mol. The van der Waals surface area contributed by atoms with Crippen molar-refractivity contribution in [3.63, 3.8) is 0 Å². The summed E-state index contributed by atoms with van der Waals surface area (Å²) in [5.41, 5.74) is 0.207. The van der Waals surface area contributed by atoms with E-state index in [9.17, 15) is 14.4 Å². The Kier molecular flexibility index (Phi) is 4.66. The van der Waals surface area contributed by atoms with Crippen LogP contribution in [-0.4, -0.2) is 35.4 Å². The van der Waals surface area contributed by atoms with E-state index in [-0.39, 0.29) is 23.7 Å². The SMILES string of the molecule is CCOC(=O)C1=Cc2sc(=O)[nH]c2S[C@@H]1C(=O)OCC. The summed E-state index contributed by atoms with van der Waals surface area (Å²) < 4.78 is 9.91. The fourth-order valence-electron chi connectivity index (χ4n) is 1.68. The zero-order valence-corrected chi connectivity index (χ0v) is 12.6. The monoisotopic (exact) mass is 315 g/mol. The van der Waals surface area contributed by atoms with Crippen LogP contribution >= 0.6 is 23.1 Å². The minimum atomic E-state index is -0.813. The van der Waals surface area contributed by atoms with Crippen molar-refractivity contribution in [1.82, 2.24) is 4.98 Å². The number of ether oxygens (including phenoxy) is 2. The van der Waals surface area contributed by atoms with Crippen molar-refractivity contribution in [3.05, 3.63) is 20.1 Å². The van der Waals surface area contributed by atoms with E-state index in [4.69, 9.17) is 9.47 Å². The number of carbonyl (C=O) groups is 2. The molecule has 0 unspecified atom stereocenters. The molecule has 0 saturated carbocycles. The summed E-state index contributed by atoms with van der Waals surface area (Å²) in [6.07, 6.45) is 1.52. The average Bonchev–Trinajstić information content (AvgIpc) is 2.76. The number of thioether (sulfide) groups is 1. The second-order valence-electron chi connectivity index (χ2n) is 3.78. The lowest BCUT2D eigenvalue weighted by atomic mass is 10.1. The van der Waals surface area contributed by atoms with E-state index in [0.29, 0.717) is 9.90 Å². The minimum absolute atomic E-state index is 0.207. The van der Waals surface area contributed by atoms with Gasteiger partial charge in [0.1, 0.15) is 5.25 Å². The molecule has 20 heavy (non-hydrogen) atoms. The maximum Gasteiger partial charge on any atom is 0.335 e. The molecule has 2 heterocycles. The molecule has 0 spiro atoms. The van der Waals surface area contributed by atoms with Gasteiger partial charge < -0.3 is 14.5 Å². The average molecular weight is 315 g/mol. The first-order valence-electron chi connectivity index (χ1n) is 6.01. The molecule has 2 rings (SSSR count). The Hall–Kier alpha value is -1.54. The molecule has 0 aromatic carbocycles. The van der Waals surface area contributed by atoms with Gasteiger partial charge in [-0.25, -0.2) is 4.79 Å². The summed E-state index contributed by atoms with van der Waals surface area (Å²) >= 11 is 2.09. The molecule has 1 N–H and O–H groups in total. The highest BCUT2D eigenvalue weighted by molar-refractivity contribution is 8.01. The first-order chi connectivity index (χ1) is 9.56. The van der Waals surface area contributed by atoms with Gasteiger partial charge in [0.2, 0.25) is 0 Å². The summed E-state index contributed by atoms with van der Waals surface area (Å²) in [6, 6.07) is 0. The number of esters is 2. The molecule has 1 aliphatic rings. The van der Waals surface area contributed by atoms with Gasteiger partial charge in [0.25, 0.3) is 0 Å². The highest BCUT2D eigenvalue weighted by Gasteiger charge is 2.35. The molecule has 8 heteroatoms. The molecule has 0 bridgehead atoms.